The van der Waals surface area contributed by atoms with E-state index in [-0.39, 0.29) is 5.75 Å². The Balaban J connectivity index is 1.51. The summed E-state index contributed by atoms with van der Waals surface area (Å²) in [5, 5.41) is 9.58. The SMILES string of the molecule is CN(C)Cc1ccc(-n2cc(OC(=O)O)c(=O)c3ccc(N4CCN(c5ccccc5)CC4)cc32)cc1. The zero-order chi connectivity index (χ0) is 25.9. The van der Waals surface area contributed by atoms with Gasteiger partial charge in [0.2, 0.25) is 5.43 Å². The number of piperazine rings is 1. The minimum Gasteiger partial charge on any atom is -0.449 e. The molecule has 0 radical (unpaired) electrons. The van der Waals surface area contributed by atoms with Crippen LogP contribution in [0.3, 0.4) is 0 Å². The van der Waals surface area contributed by atoms with E-state index < -0.39 is 11.6 Å². The Morgan fingerprint density at radius 3 is 2.11 bits per heavy atom. The van der Waals surface area contributed by atoms with Gasteiger partial charge in [-0.25, -0.2) is 4.79 Å². The molecular formula is C29H30N4O4. The van der Waals surface area contributed by atoms with Crippen LogP contribution in [0.15, 0.2) is 83.8 Å². The molecule has 1 aliphatic heterocycles. The van der Waals surface area contributed by atoms with E-state index in [0.717, 1.165) is 49.7 Å². The molecule has 0 unspecified atom stereocenters. The molecule has 1 aromatic heterocycles. The van der Waals surface area contributed by atoms with Crippen molar-refractivity contribution < 1.29 is 14.6 Å². The third-order valence-corrected chi connectivity index (χ3v) is 6.63. The van der Waals surface area contributed by atoms with Gasteiger partial charge in [-0.15, -0.1) is 0 Å². The number of para-hydroxylation sites is 1. The Morgan fingerprint density at radius 2 is 1.49 bits per heavy atom. The molecule has 0 saturated carbocycles. The van der Waals surface area contributed by atoms with Crippen LogP contribution < -0.4 is 20.0 Å². The van der Waals surface area contributed by atoms with Gasteiger partial charge in [0.1, 0.15) is 0 Å². The molecular weight excluding hydrogens is 468 g/mol. The molecule has 8 heteroatoms. The average Bonchev–Trinajstić information content (AvgIpc) is 2.91. The Hall–Kier alpha value is -4.30. The first-order chi connectivity index (χ1) is 17.9. The van der Waals surface area contributed by atoms with E-state index in [9.17, 15) is 14.7 Å². The molecule has 1 fully saturated rings. The predicted octanol–water partition coefficient (Wildman–Crippen LogP) is 4.44. The Morgan fingerprint density at radius 1 is 0.865 bits per heavy atom. The van der Waals surface area contributed by atoms with Crippen LogP contribution in [0.25, 0.3) is 16.6 Å². The summed E-state index contributed by atoms with van der Waals surface area (Å²) in [5.74, 6) is -0.221. The van der Waals surface area contributed by atoms with Crippen LogP contribution in [0.1, 0.15) is 5.56 Å². The van der Waals surface area contributed by atoms with Crippen LogP contribution in [0.4, 0.5) is 16.2 Å². The van der Waals surface area contributed by atoms with Crippen molar-refractivity contribution in [3.8, 4) is 11.4 Å². The summed E-state index contributed by atoms with van der Waals surface area (Å²) in [6.45, 7) is 4.30. The maximum absolute atomic E-state index is 13.1. The fourth-order valence-corrected chi connectivity index (χ4v) is 4.86. The van der Waals surface area contributed by atoms with Gasteiger partial charge >= 0.3 is 6.16 Å². The first kappa shape index (κ1) is 24.4. The highest BCUT2D eigenvalue weighted by Gasteiger charge is 2.20. The number of anilines is 2. The molecule has 2 heterocycles. The molecule has 5 rings (SSSR count). The van der Waals surface area contributed by atoms with E-state index in [0.29, 0.717) is 10.9 Å². The van der Waals surface area contributed by atoms with Crippen molar-refractivity contribution in [2.45, 2.75) is 6.54 Å². The zero-order valence-corrected chi connectivity index (χ0v) is 21.0. The Kier molecular flexibility index (Phi) is 6.83. The summed E-state index contributed by atoms with van der Waals surface area (Å²) >= 11 is 0. The lowest BCUT2D eigenvalue weighted by Gasteiger charge is -2.37. The topological polar surface area (TPSA) is 78.2 Å². The number of nitrogens with zero attached hydrogens (tertiary/aromatic N) is 4. The zero-order valence-electron chi connectivity index (χ0n) is 21.0. The van der Waals surface area contributed by atoms with Crippen molar-refractivity contribution in [3.05, 3.63) is 94.8 Å². The number of rotatable bonds is 6. The monoisotopic (exact) mass is 498 g/mol. The molecule has 37 heavy (non-hydrogen) atoms. The smallest absolute Gasteiger partial charge is 0.449 e. The summed E-state index contributed by atoms with van der Waals surface area (Å²) < 4.78 is 6.68. The lowest BCUT2D eigenvalue weighted by atomic mass is 10.1. The number of fused-ring (bicyclic) bond motifs is 1. The Bertz CT molecular complexity index is 1460. The summed E-state index contributed by atoms with van der Waals surface area (Å²) in [6.07, 6.45) is -0.0473. The minimum atomic E-state index is -1.52. The van der Waals surface area contributed by atoms with Gasteiger partial charge in [0.25, 0.3) is 0 Å². The van der Waals surface area contributed by atoms with E-state index in [4.69, 9.17) is 4.74 Å². The second kappa shape index (κ2) is 10.4. The lowest BCUT2D eigenvalue weighted by Crippen LogP contribution is -2.46. The van der Waals surface area contributed by atoms with Gasteiger partial charge in [0, 0.05) is 49.8 Å². The standard InChI is InChI=1S/C29H30N4O4/c1-30(2)19-21-8-10-23(11-9-21)33-20-27(37-29(35)36)28(34)25-13-12-24(18-26(25)33)32-16-14-31(15-17-32)22-6-4-3-5-7-22/h3-13,18,20H,14-17,19H2,1-2H3,(H,35,36). The van der Waals surface area contributed by atoms with Crippen LogP contribution in [-0.4, -0.2) is 61.0 Å². The van der Waals surface area contributed by atoms with Crippen LogP contribution in [0.2, 0.25) is 0 Å². The number of hydrogen-bond donors (Lipinski definition) is 1. The summed E-state index contributed by atoms with van der Waals surface area (Å²) in [6, 6.07) is 24.1. The van der Waals surface area contributed by atoms with Gasteiger partial charge < -0.3 is 29.1 Å². The normalized spacial score (nSPS) is 13.8. The molecule has 0 atom stereocenters. The quantitative estimate of drug-likeness (QED) is 0.394. The molecule has 8 nitrogen and oxygen atoms in total. The molecule has 0 aliphatic carbocycles. The van der Waals surface area contributed by atoms with Crippen LogP contribution >= 0.6 is 0 Å². The number of carbonyl (C=O) groups is 1. The second-order valence-corrected chi connectivity index (χ2v) is 9.48. The summed E-state index contributed by atoms with van der Waals surface area (Å²) in [7, 11) is 4.03. The lowest BCUT2D eigenvalue weighted by molar-refractivity contribution is 0.144. The third kappa shape index (κ3) is 5.29. The van der Waals surface area contributed by atoms with Crippen LogP contribution in [-0.2, 0) is 6.54 Å². The van der Waals surface area contributed by atoms with Gasteiger partial charge in [-0.1, -0.05) is 30.3 Å². The van der Waals surface area contributed by atoms with E-state index in [1.807, 2.05) is 61.1 Å². The molecule has 190 valence electrons. The van der Waals surface area contributed by atoms with Crippen molar-refractivity contribution in [1.82, 2.24) is 9.47 Å². The molecule has 1 N–H and O–H groups in total. The maximum atomic E-state index is 13.1. The molecule has 0 amide bonds. The maximum Gasteiger partial charge on any atom is 0.511 e. The van der Waals surface area contributed by atoms with Gasteiger partial charge in [-0.2, -0.15) is 0 Å². The van der Waals surface area contributed by atoms with Crippen molar-refractivity contribution in [2.24, 2.45) is 0 Å². The fraction of sp³-hybridized carbons (Fsp3) is 0.241. The highest BCUT2D eigenvalue weighted by atomic mass is 16.7. The van der Waals surface area contributed by atoms with Gasteiger partial charge in [-0.05, 0) is 62.1 Å². The van der Waals surface area contributed by atoms with Gasteiger partial charge in [0.15, 0.2) is 5.75 Å². The number of aromatic nitrogens is 1. The summed E-state index contributed by atoms with van der Waals surface area (Å²) in [4.78, 5) is 31.1. The molecule has 0 bridgehead atoms. The number of hydrogen-bond acceptors (Lipinski definition) is 6. The molecule has 3 aromatic carbocycles. The Labute approximate surface area is 215 Å². The van der Waals surface area contributed by atoms with E-state index in [2.05, 4.69) is 39.0 Å². The van der Waals surface area contributed by atoms with Crippen molar-refractivity contribution in [2.75, 3.05) is 50.1 Å². The largest absolute Gasteiger partial charge is 0.511 e. The van der Waals surface area contributed by atoms with Gasteiger partial charge in [0.05, 0.1) is 17.1 Å². The predicted molar refractivity (Wildman–Crippen MR) is 146 cm³/mol. The third-order valence-electron chi connectivity index (χ3n) is 6.63. The van der Waals surface area contributed by atoms with Crippen molar-refractivity contribution >= 4 is 28.4 Å². The molecule has 1 aliphatic rings. The van der Waals surface area contributed by atoms with Crippen LogP contribution in [0.5, 0.6) is 5.75 Å². The van der Waals surface area contributed by atoms with E-state index in [1.54, 1.807) is 6.07 Å². The molecule has 4 aromatic rings. The van der Waals surface area contributed by atoms with Crippen LogP contribution in [0, 0.1) is 0 Å². The number of benzene rings is 3. The van der Waals surface area contributed by atoms with Gasteiger partial charge in [-0.3, -0.25) is 4.79 Å². The minimum absolute atomic E-state index is 0.221. The van der Waals surface area contributed by atoms with Crippen molar-refractivity contribution in [3.63, 3.8) is 0 Å². The summed E-state index contributed by atoms with van der Waals surface area (Å²) in [5.41, 5.74) is 4.46. The first-order valence-electron chi connectivity index (χ1n) is 12.3. The first-order valence-corrected chi connectivity index (χ1v) is 12.3. The molecule has 0 spiro atoms. The fourth-order valence-electron chi connectivity index (χ4n) is 4.86. The highest BCUT2D eigenvalue weighted by Crippen LogP contribution is 2.27. The highest BCUT2D eigenvalue weighted by molar-refractivity contribution is 5.86. The van der Waals surface area contributed by atoms with E-state index in [1.165, 1.54) is 11.9 Å². The van der Waals surface area contributed by atoms with Crippen molar-refractivity contribution in [1.29, 1.82) is 0 Å². The average molecular weight is 499 g/mol. The number of pyridine rings is 1. The van der Waals surface area contributed by atoms with E-state index >= 15 is 0 Å². The molecule has 1 saturated heterocycles. The number of carboxylic acid groups (broad SMARTS) is 1. The number of ether oxygens (including phenoxy) is 1. The second-order valence-electron chi connectivity index (χ2n) is 9.48.